The van der Waals surface area contributed by atoms with Crippen LogP contribution in [0.15, 0.2) is 41.5 Å². The molecule has 1 fully saturated rings. The third-order valence-electron chi connectivity index (χ3n) is 5.48. The Morgan fingerprint density at radius 2 is 1.62 bits per heavy atom. The van der Waals surface area contributed by atoms with Gasteiger partial charge in [-0.15, -0.1) is 0 Å². The van der Waals surface area contributed by atoms with Gasteiger partial charge < -0.3 is 15.2 Å². The Balaban J connectivity index is 1.93. The number of carbonyl (C=O) groups is 2. The van der Waals surface area contributed by atoms with Crippen molar-refractivity contribution in [3.05, 3.63) is 69.4 Å². The van der Waals surface area contributed by atoms with Crippen LogP contribution in [0.4, 0.5) is 4.39 Å². The zero-order chi connectivity index (χ0) is 21.0. The van der Waals surface area contributed by atoms with E-state index >= 15 is 0 Å². The highest BCUT2D eigenvalue weighted by Gasteiger charge is 2.23. The lowest BCUT2D eigenvalue weighted by Gasteiger charge is -2.25. The molecule has 154 valence electrons. The van der Waals surface area contributed by atoms with E-state index in [0.717, 1.165) is 31.2 Å². The van der Waals surface area contributed by atoms with E-state index in [1.165, 1.54) is 25.6 Å². The van der Waals surface area contributed by atoms with E-state index in [4.69, 9.17) is 0 Å². The van der Waals surface area contributed by atoms with Crippen LogP contribution in [-0.2, 0) is 0 Å². The van der Waals surface area contributed by atoms with E-state index in [9.17, 15) is 18.8 Å². The molecule has 2 amide bonds. The molecule has 7 heteroatoms. The van der Waals surface area contributed by atoms with E-state index in [1.54, 1.807) is 31.5 Å². The summed E-state index contributed by atoms with van der Waals surface area (Å²) in [6, 6.07) is 5.55. The fourth-order valence-electron chi connectivity index (χ4n) is 3.76. The first-order chi connectivity index (χ1) is 13.9. The van der Waals surface area contributed by atoms with Gasteiger partial charge in [0.15, 0.2) is 0 Å². The number of halogens is 1. The molecule has 0 saturated heterocycles. The summed E-state index contributed by atoms with van der Waals surface area (Å²) in [7, 11) is 1.45. The highest BCUT2D eigenvalue weighted by Crippen LogP contribution is 2.28. The number of benzene rings is 1. The zero-order valence-corrected chi connectivity index (χ0v) is 16.7. The summed E-state index contributed by atoms with van der Waals surface area (Å²) in [6.07, 6.45) is 8.33. The second kappa shape index (κ2) is 9.03. The van der Waals surface area contributed by atoms with E-state index in [2.05, 4.69) is 10.6 Å². The lowest BCUT2D eigenvalue weighted by Crippen LogP contribution is -2.36. The summed E-state index contributed by atoms with van der Waals surface area (Å²) >= 11 is 0. The first kappa shape index (κ1) is 20.8. The number of hydrogen-bond acceptors (Lipinski definition) is 3. The molecule has 2 N–H and O–H groups in total. The Morgan fingerprint density at radius 3 is 2.21 bits per heavy atom. The third kappa shape index (κ3) is 4.72. The van der Waals surface area contributed by atoms with E-state index < -0.39 is 23.3 Å². The van der Waals surface area contributed by atoms with E-state index in [-0.39, 0.29) is 23.0 Å². The number of nitrogens with one attached hydrogen (secondary N) is 2. The Kier molecular flexibility index (Phi) is 6.46. The van der Waals surface area contributed by atoms with Gasteiger partial charge in [-0.25, -0.2) is 4.39 Å². The van der Waals surface area contributed by atoms with Gasteiger partial charge in [-0.1, -0.05) is 31.4 Å². The zero-order valence-electron chi connectivity index (χ0n) is 16.7. The molecule has 2 aromatic rings. The van der Waals surface area contributed by atoms with Crippen LogP contribution in [0.25, 0.3) is 0 Å². The van der Waals surface area contributed by atoms with Crippen molar-refractivity contribution >= 4 is 11.8 Å². The summed E-state index contributed by atoms with van der Waals surface area (Å²) in [6.45, 7) is 1.76. The second-order valence-electron chi connectivity index (χ2n) is 7.48. The predicted molar refractivity (Wildman–Crippen MR) is 108 cm³/mol. The van der Waals surface area contributed by atoms with Gasteiger partial charge in [-0.2, -0.15) is 0 Å². The molecule has 1 atom stereocenters. The fraction of sp³-hybridized carbons (Fsp3) is 0.409. The van der Waals surface area contributed by atoms with Crippen molar-refractivity contribution in [2.45, 2.75) is 51.1 Å². The highest BCUT2D eigenvalue weighted by atomic mass is 19.1. The van der Waals surface area contributed by atoms with Crippen molar-refractivity contribution in [2.75, 3.05) is 7.05 Å². The summed E-state index contributed by atoms with van der Waals surface area (Å²) < 4.78 is 15.0. The van der Waals surface area contributed by atoms with Crippen molar-refractivity contribution in [1.82, 2.24) is 15.2 Å². The summed E-state index contributed by atoms with van der Waals surface area (Å²) in [4.78, 5) is 37.9. The smallest absolute Gasteiger partial charge is 0.257 e. The van der Waals surface area contributed by atoms with Crippen LogP contribution < -0.4 is 16.1 Å². The van der Waals surface area contributed by atoms with Crippen LogP contribution in [0.5, 0.6) is 0 Å². The maximum Gasteiger partial charge on any atom is 0.257 e. The fourth-order valence-corrected chi connectivity index (χ4v) is 3.76. The monoisotopic (exact) mass is 399 g/mol. The minimum atomic E-state index is -0.597. The van der Waals surface area contributed by atoms with Crippen molar-refractivity contribution < 1.29 is 14.0 Å². The minimum absolute atomic E-state index is 0.0415. The summed E-state index contributed by atoms with van der Waals surface area (Å²) in [5.74, 6) is -1.43. The highest BCUT2D eigenvalue weighted by molar-refractivity contribution is 5.99. The molecule has 1 aliphatic rings. The van der Waals surface area contributed by atoms with Crippen molar-refractivity contribution in [3.8, 4) is 0 Å². The van der Waals surface area contributed by atoms with Crippen LogP contribution in [0.3, 0.4) is 0 Å². The third-order valence-corrected chi connectivity index (χ3v) is 5.48. The summed E-state index contributed by atoms with van der Waals surface area (Å²) in [5, 5.41) is 5.25. The molecule has 0 aliphatic heterocycles. The van der Waals surface area contributed by atoms with E-state index in [1.807, 2.05) is 4.57 Å². The number of amides is 2. The van der Waals surface area contributed by atoms with Crippen LogP contribution >= 0.6 is 0 Å². The van der Waals surface area contributed by atoms with Gasteiger partial charge in [0.1, 0.15) is 16.9 Å². The molecule has 3 rings (SSSR count). The topological polar surface area (TPSA) is 80.2 Å². The second-order valence-corrected chi connectivity index (χ2v) is 7.48. The first-order valence-corrected chi connectivity index (χ1v) is 9.95. The molecule has 0 radical (unpaired) electrons. The van der Waals surface area contributed by atoms with Gasteiger partial charge >= 0.3 is 0 Å². The number of pyridine rings is 1. The van der Waals surface area contributed by atoms with Crippen LogP contribution in [0.1, 0.15) is 77.4 Å². The minimum Gasteiger partial charge on any atom is -0.355 e. The molecule has 29 heavy (non-hydrogen) atoms. The van der Waals surface area contributed by atoms with Gasteiger partial charge in [-0.3, -0.25) is 14.4 Å². The molecule has 1 unspecified atom stereocenters. The van der Waals surface area contributed by atoms with Gasteiger partial charge in [0.2, 0.25) is 5.43 Å². The SMILES string of the molecule is CNC(=O)c1cn(C2CCCCC2)cc(C(=O)NC(C)c2ccc(F)cc2)c1=O. The Bertz CT molecular complexity index is 947. The number of carbonyl (C=O) groups excluding carboxylic acids is 2. The number of aromatic nitrogens is 1. The van der Waals surface area contributed by atoms with Crippen LogP contribution in [0, 0.1) is 5.82 Å². The molecular weight excluding hydrogens is 373 g/mol. The van der Waals surface area contributed by atoms with Crippen LogP contribution in [-0.4, -0.2) is 23.4 Å². The van der Waals surface area contributed by atoms with Gasteiger partial charge in [-0.05, 0) is 37.5 Å². The molecule has 1 aromatic heterocycles. The molecular formula is C22H26FN3O3. The average molecular weight is 399 g/mol. The maximum absolute atomic E-state index is 13.1. The predicted octanol–water partition coefficient (Wildman–Crippen LogP) is 3.34. The van der Waals surface area contributed by atoms with Crippen molar-refractivity contribution in [3.63, 3.8) is 0 Å². The molecule has 1 aliphatic carbocycles. The van der Waals surface area contributed by atoms with Gasteiger partial charge in [0, 0.05) is 25.5 Å². The standard InChI is InChI=1S/C22H26FN3O3/c1-14(15-8-10-16(23)11-9-15)25-22(29)19-13-26(17-6-4-3-5-7-17)12-18(20(19)27)21(28)24-2/h8-14,17H,3-7H2,1-2H3,(H,24,28)(H,25,29). The lowest BCUT2D eigenvalue weighted by molar-refractivity contribution is 0.0937. The molecule has 0 bridgehead atoms. The molecule has 0 spiro atoms. The molecule has 1 aromatic carbocycles. The number of rotatable bonds is 5. The molecule has 1 saturated carbocycles. The lowest BCUT2D eigenvalue weighted by atomic mass is 9.95. The molecule has 6 nitrogen and oxygen atoms in total. The summed E-state index contributed by atoms with van der Waals surface area (Å²) in [5.41, 5.74) is 0.0146. The van der Waals surface area contributed by atoms with Gasteiger partial charge in [0.05, 0.1) is 6.04 Å². The number of nitrogens with zero attached hydrogens (tertiary/aromatic N) is 1. The average Bonchev–Trinajstić information content (AvgIpc) is 2.74. The van der Waals surface area contributed by atoms with Gasteiger partial charge in [0.25, 0.3) is 11.8 Å². The maximum atomic E-state index is 13.1. The number of hydrogen-bond donors (Lipinski definition) is 2. The quantitative estimate of drug-likeness (QED) is 0.809. The van der Waals surface area contributed by atoms with E-state index in [0.29, 0.717) is 0 Å². The Hall–Kier alpha value is -2.96. The Morgan fingerprint density at radius 1 is 1.03 bits per heavy atom. The first-order valence-electron chi connectivity index (χ1n) is 9.95. The normalized spacial score (nSPS) is 15.6. The van der Waals surface area contributed by atoms with Crippen molar-refractivity contribution in [1.29, 1.82) is 0 Å². The largest absolute Gasteiger partial charge is 0.355 e. The van der Waals surface area contributed by atoms with Crippen LogP contribution in [0.2, 0.25) is 0 Å². The van der Waals surface area contributed by atoms with Crippen molar-refractivity contribution in [2.24, 2.45) is 0 Å². The Labute approximate surface area is 169 Å². The molecule has 1 heterocycles.